The molecule has 1 N–H and O–H groups in total. The molecular weight excluding hydrogens is 400 g/mol. The van der Waals surface area contributed by atoms with Crippen molar-refractivity contribution in [3.05, 3.63) is 95.1 Å². The van der Waals surface area contributed by atoms with E-state index in [1.54, 1.807) is 21.9 Å². The Morgan fingerprint density at radius 2 is 1.81 bits per heavy atom. The van der Waals surface area contributed by atoms with E-state index in [0.717, 1.165) is 23.2 Å². The molecule has 6 heteroatoms. The van der Waals surface area contributed by atoms with Crippen molar-refractivity contribution in [1.29, 1.82) is 5.26 Å². The fourth-order valence-corrected chi connectivity index (χ4v) is 3.84. The second-order valence-corrected chi connectivity index (χ2v) is 7.89. The van der Waals surface area contributed by atoms with E-state index in [4.69, 9.17) is 5.26 Å². The molecule has 0 bridgehead atoms. The topological polar surface area (TPSA) is 76.4 Å². The first-order valence-electron chi connectivity index (χ1n) is 10.6. The Labute approximate surface area is 187 Å². The minimum atomic E-state index is -0.165. The first-order valence-corrected chi connectivity index (χ1v) is 10.6. The van der Waals surface area contributed by atoms with Gasteiger partial charge in [-0.05, 0) is 67.4 Å². The van der Waals surface area contributed by atoms with Gasteiger partial charge in [0.15, 0.2) is 0 Å². The third-order valence-corrected chi connectivity index (χ3v) is 5.46. The van der Waals surface area contributed by atoms with Crippen LogP contribution in [0.3, 0.4) is 0 Å². The number of hydrogen-bond donors (Lipinski definition) is 1. The zero-order valence-electron chi connectivity index (χ0n) is 17.9. The highest BCUT2D eigenvalue weighted by molar-refractivity contribution is 6.04. The van der Waals surface area contributed by atoms with Crippen molar-refractivity contribution in [2.24, 2.45) is 0 Å². The van der Waals surface area contributed by atoms with Gasteiger partial charge in [0, 0.05) is 36.6 Å². The van der Waals surface area contributed by atoms with E-state index in [-0.39, 0.29) is 11.9 Å². The standard InChI is InChI=1S/C26H24N4O2/c1-19-5-2-8-22(15-19)25(31)28-23-9-11-24(12-10-23)30-14-4-13-29(26(30)32)18-21-7-3-6-20(16-21)17-27/h2-3,5-12,15-16H,4,13-14,18H2,1H3,(H,28,31). The Kier molecular flexibility index (Phi) is 6.18. The predicted octanol–water partition coefficient (Wildman–Crippen LogP) is 4.95. The molecule has 0 aromatic heterocycles. The predicted molar refractivity (Wildman–Crippen MR) is 125 cm³/mol. The lowest BCUT2D eigenvalue weighted by Crippen LogP contribution is -2.49. The summed E-state index contributed by atoms with van der Waals surface area (Å²) in [7, 11) is 0. The Hall–Kier alpha value is -4.11. The number of amides is 3. The second kappa shape index (κ2) is 9.36. The van der Waals surface area contributed by atoms with E-state index < -0.39 is 0 Å². The van der Waals surface area contributed by atoms with Gasteiger partial charge in [-0.2, -0.15) is 5.26 Å². The van der Waals surface area contributed by atoms with Gasteiger partial charge < -0.3 is 10.2 Å². The highest BCUT2D eigenvalue weighted by atomic mass is 16.2. The largest absolute Gasteiger partial charge is 0.324 e. The van der Waals surface area contributed by atoms with Gasteiger partial charge in [-0.3, -0.25) is 9.69 Å². The van der Waals surface area contributed by atoms with Crippen LogP contribution in [-0.4, -0.2) is 29.9 Å². The van der Waals surface area contributed by atoms with Crippen molar-refractivity contribution < 1.29 is 9.59 Å². The molecule has 160 valence electrons. The summed E-state index contributed by atoms with van der Waals surface area (Å²) in [6.07, 6.45) is 0.857. The van der Waals surface area contributed by atoms with Gasteiger partial charge in [-0.15, -0.1) is 0 Å². The van der Waals surface area contributed by atoms with Crippen LogP contribution in [-0.2, 0) is 6.54 Å². The highest BCUT2D eigenvalue weighted by Gasteiger charge is 2.26. The van der Waals surface area contributed by atoms with Gasteiger partial charge in [0.25, 0.3) is 5.91 Å². The minimum absolute atomic E-state index is 0.0600. The van der Waals surface area contributed by atoms with Gasteiger partial charge >= 0.3 is 6.03 Å². The summed E-state index contributed by atoms with van der Waals surface area (Å²) in [5.74, 6) is -0.165. The molecule has 0 unspecified atom stereocenters. The van der Waals surface area contributed by atoms with Gasteiger partial charge in [0.1, 0.15) is 0 Å². The molecule has 1 fully saturated rings. The molecule has 0 radical (unpaired) electrons. The monoisotopic (exact) mass is 424 g/mol. The molecular formula is C26H24N4O2. The Bertz CT molecular complexity index is 1180. The van der Waals surface area contributed by atoms with Crippen molar-refractivity contribution in [3.8, 4) is 6.07 Å². The van der Waals surface area contributed by atoms with Crippen molar-refractivity contribution >= 4 is 23.3 Å². The maximum atomic E-state index is 13.1. The van der Waals surface area contributed by atoms with Crippen molar-refractivity contribution in [1.82, 2.24) is 4.90 Å². The van der Waals surface area contributed by atoms with Crippen LogP contribution in [0.15, 0.2) is 72.8 Å². The van der Waals surface area contributed by atoms with Gasteiger partial charge in [-0.25, -0.2) is 4.79 Å². The number of rotatable bonds is 5. The van der Waals surface area contributed by atoms with Crippen molar-refractivity contribution in [2.45, 2.75) is 19.9 Å². The lowest BCUT2D eigenvalue weighted by atomic mass is 10.1. The third-order valence-electron chi connectivity index (χ3n) is 5.46. The quantitative estimate of drug-likeness (QED) is 0.629. The van der Waals surface area contributed by atoms with Crippen LogP contribution in [0.2, 0.25) is 0 Å². The number of anilines is 2. The van der Waals surface area contributed by atoms with E-state index in [9.17, 15) is 9.59 Å². The summed E-state index contributed by atoms with van der Waals surface area (Å²) in [5, 5.41) is 12.0. The summed E-state index contributed by atoms with van der Waals surface area (Å²) in [4.78, 5) is 29.1. The number of urea groups is 1. The summed E-state index contributed by atoms with van der Waals surface area (Å²) in [6.45, 7) is 3.74. The van der Waals surface area contributed by atoms with E-state index in [0.29, 0.717) is 36.4 Å². The molecule has 3 aromatic rings. The van der Waals surface area contributed by atoms with Crippen molar-refractivity contribution in [3.63, 3.8) is 0 Å². The number of aryl methyl sites for hydroxylation is 1. The van der Waals surface area contributed by atoms with E-state index in [2.05, 4.69) is 11.4 Å². The normalized spacial score (nSPS) is 13.6. The van der Waals surface area contributed by atoms with Gasteiger partial charge in [0.2, 0.25) is 0 Å². The van der Waals surface area contributed by atoms with Crippen LogP contribution in [0.5, 0.6) is 0 Å². The van der Waals surface area contributed by atoms with Crippen LogP contribution in [0.1, 0.15) is 33.5 Å². The fourth-order valence-electron chi connectivity index (χ4n) is 3.84. The lowest BCUT2D eigenvalue weighted by molar-refractivity contribution is 0.102. The fraction of sp³-hybridized carbons (Fsp3) is 0.192. The number of carbonyl (C=O) groups excluding carboxylic acids is 2. The third kappa shape index (κ3) is 4.79. The van der Waals surface area contributed by atoms with Crippen LogP contribution in [0.4, 0.5) is 16.2 Å². The zero-order chi connectivity index (χ0) is 22.5. The van der Waals surface area contributed by atoms with E-state index in [1.807, 2.05) is 67.6 Å². The molecule has 1 aliphatic heterocycles. The molecule has 3 aromatic carbocycles. The summed E-state index contributed by atoms with van der Waals surface area (Å²) < 4.78 is 0. The van der Waals surface area contributed by atoms with Crippen LogP contribution >= 0.6 is 0 Å². The maximum absolute atomic E-state index is 13.1. The summed E-state index contributed by atoms with van der Waals surface area (Å²) in [6, 6.07) is 24.2. The number of benzene rings is 3. The Morgan fingerprint density at radius 3 is 2.56 bits per heavy atom. The summed E-state index contributed by atoms with van der Waals surface area (Å²) >= 11 is 0. The smallest absolute Gasteiger partial charge is 0.322 e. The number of nitrogens with one attached hydrogen (secondary N) is 1. The van der Waals surface area contributed by atoms with Crippen LogP contribution in [0.25, 0.3) is 0 Å². The van der Waals surface area contributed by atoms with E-state index >= 15 is 0 Å². The van der Waals surface area contributed by atoms with Crippen LogP contribution in [0, 0.1) is 18.3 Å². The second-order valence-electron chi connectivity index (χ2n) is 7.89. The molecule has 3 amide bonds. The SMILES string of the molecule is Cc1cccc(C(=O)Nc2ccc(N3CCCN(Cc4cccc(C#N)c4)C3=O)cc2)c1. The average Bonchev–Trinajstić information content (AvgIpc) is 2.81. The Morgan fingerprint density at radius 1 is 1.03 bits per heavy atom. The molecule has 0 atom stereocenters. The minimum Gasteiger partial charge on any atom is -0.322 e. The first kappa shape index (κ1) is 21.1. The highest BCUT2D eigenvalue weighted by Crippen LogP contribution is 2.24. The first-order chi connectivity index (χ1) is 15.5. The number of nitriles is 1. The molecule has 0 spiro atoms. The average molecular weight is 425 g/mol. The molecule has 0 saturated carbocycles. The molecule has 32 heavy (non-hydrogen) atoms. The number of nitrogens with zero attached hydrogens (tertiary/aromatic N) is 3. The van der Waals surface area contributed by atoms with Crippen LogP contribution < -0.4 is 10.2 Å². The maximum Gasteiger partial charge on any atom is 0.324 e. The number of hydrogen-bond acceptors (Lipinski definition) is 3. The van der Waals surface area contributed by atoms with Gasteiger partial charge in [0.05, 0.1) is 11.6 Å². The molecule has 6 nitrogen and oxygen atoms in total. The molecule has 4 rings (SSSR count). The number of carbonyl (C=O) groups is 2. The van der Waals surface area contributed by atoms with Gasteiger partial charge in [-0.1, -0.05) is 29.8 Å². The molecule has 1 saturated heterocycles. The zero-order valence-corrected chi connectivity index (χ0v) is 17.9. The molecule has 1 aliphatic rings. The van der Waals surface area contributed by atoms with Crippen molar-refractivity contribution in [2.75, 3.05) is 23.3 Å². The lowest BCUT2D eigenvalue weighted by Gasteiger charge is -2.35. The summed E-state index contributed by atoms with van der Waals surface area (Å²) in [5.41, 5.74) is 4.63. The molecule has 1 heterocycles. The Balaban J connectivity index is 1.43. The van der Waals surface area contributed by atoms with E-state index in [1.165, 1.54) is 0 Å². The molecule has 0 aliphatic carbocycles.